The number of esters is 1. The van der Waals surface area contributed by atoms with Crippen molar-refractivity contribution >= 4 is 16.1 Å². The molecule has 0 saturated heterocycles. The summed E-state index contributed by atoms with van der Waals surface area (Å²) in [7, 11) is -3.52. The van der Waals surface area contributed by atoms with Crippen LogP contribution in [0.5, 0.6) is 0 Å². The van der Waals surface area contributed by atoms with Gasteiger partial charge in [-0.05, 0) is 24.6 Å². The van der Waals surface area contributed by atoms with Gasteiger partial charge >= 0.3 is 12.1 Å². The van der Waals surface area contributed by atoms with Crippen LogP contribution in [0.3, 0.4) is 0 Å². The number of hydrogen-bond donors (Lipinski definition) is 0. The number of aryl methyl sites for hydroxylation is 1. The summed E-state index contributed by atoms with van der Waals surface area (Å²) in [4.78, 5) is 10.8. The predicted molar refractivity (Wildman–Crippen MR) is 61.7 cm³/mol. The molecule has 9 heteroatoms. The van der Waals surface area contributed by atoms with E-state index in [0.717, 1.165) is 13.2 Å². The average Bonchev–Trinajstić information content (AvgIpc) is 2.35. The van der Waals surface area contributed by atoms with Crippen molar-refractivity contribution in [1.82, 2.24) is 0 Å². The maximum Gasteiger partial charge on any atom is 0.413 e. The van der Waals surface area contributed by atoms with Crippen molar-refractivity contribution in [1.29, 1.82) is 0 Å². The molecule has 0 aliphatic rings. The second kappa shape index (κ2) is 5.80. The van der Waals surface area contributed by atoms with Crippen LogP contribution in [-0.2, 0) is 19.0 Å². The molecule has 0 fully saturated rings. The molecule has 1 aromatic rings. The lowest BCUT2D eigenvalue weighted by atomic mass is 10.1. The highest BCUT2D eigenvalue weighted by molar-refractivity contribution is 7.86. The van der Waals surface area contributed by atoms with Gasteiger partial charge in [0.2, 0.25) is 0 Å². The molecule has 112 valence electrons. The summed E-state index contributed by atoms with van der Waals surface area (Å²) >= 11 is 0. The normalized spacial score (nSPS) is 12.2. The monoisotopic (exact) mass is 312 g/mol. The molecule has 0 radical (unpaired) electrons. The highest BCUT2D eigenvalue weighted by Crippen LogP contribution is 2.23. The Morgan fingerprint density at radius 3 is 2.40 bits per heavy atom. The summed E-state index contributed by atoms with van der Waals surface area (Å²) in [5.41, 5.74) is 0.0483. The van der Waals surface area contributed by atoms with Gasteiger partial charge in [-0.1, -0.05) is 6.07 Å². The molecule has 5 nitrogen and oxygen atoms in total. The summed E-state index contributed by atoms with van der Waals surface area (Å²) in [5.74, 6) is -0.808. The van der Waals surface area contributed by atoms with Crippen LogP contribution >= 0.6 is 0 Å². The molecule has 0 amide bonds. The first-order valence-electron chi connectivity index (χ1n) is 5.22. The Balaban J connectivity index is 3.14. The molecule has 1 rings (SSSR count). The lowest BCUT2D eigenvalue weighted by Crippen LogP contribution is -2.21. The summed E-state index contributed by atoms with van der Waals surface area (Å²) in [6, 6.07) is 3.48. The summed E-state index contributed by atoms with van der Waals surface area (Å²) in [6.45, 7) is -0.567. The van der Waals surface area contributed by atoms with Gasteiger partial charge in [-0.2, -0.15) is 21.6 Å². The van der Waals surface area contributed by atoms with Gasteiger partial charge in [-0.25, -0.2) is 4.79 Å². The zero-order valence-corrected chi connectivity index (χ0v) is 11.3. The minimum absolute atomic E-state index is 0.104. The second-order valence-corrected chi connectivity index (χ2v) is 5.39. The molecule has 0 saturated carbocycles. The van der Waals surface area contributed by atoms with Crippen LogP contribution in [0, 0.1) is 6.92 Å². The fourth-order valence-corrected chi connectivity index (χ4v) is 2.47. The molecule has 0 aliphatic carbocycles. The van der Waals surface area contributed by atoms with Crippen LogP contribution in [-0.4, -0.2) is 34.3 Å². The molecule has 0 aliphatic heterocycles. The van der Waals surface area contributed by atoms with Gasteiger partial charge in [0, 0.05) is 0 Å². The highest BCUT2D eigenvalue weighted by atomic mass is 32.2. The van der Waals surface area contributed by atoms with Gasteiger partial charge in [0.15, 0.2) is 6.61 Å². The number of carbonyl (C=O) groups excluding carboxylic acids is 1. The van der Waals surface area contributed by atoms with Crippen molar-refractivity contribution in [2.45, 2.75) is 18.0 Å². The van der Waals surface area contributed by atoms with Crippen molar-refractivity contribution in [2.75, 3.05) is 13.7 Å². The van der Waals surface area contributed by atoms with Crippen molar-refractivity contribution < 1.29 is 35.3 Å². The Bertz CT molecular complexity index is 607. The van der Waals surface area contributed by atoms with E-state index in [0.29, 0.717) is 0 Å². The first-order chi connectivity index (χ1) is 9.07. The van der Waals surface area contributed by atoms with E-state index in [1.165, 1.54) is 19.1 Å². The van der Waals surface area contributed by atoms with E-state index in [1.807, 2.05) is 0 Å². The highest BCUT2D eigenvalue weighted by Gasteiger charge is 2.32. The van der Waals surface area contributed by atoms with Crippen molar-refractivity contribution in [3.05, 3.63) is 29.3 Å². The fourth-order valence-electron chi connectivity index (χ4n) is 1.32. The van der Waals surface area contributed by atoms with Gasteiger partial charge in [0.25, 0.3) is 10.1 Å². The summed E-state index contributed by atoms with van der Waals surface area (Å²) in [6.07, 6.45) is -4.78. The molecular weight excluding hydrogens is 301 g/mol. The Morgan fingerprint density at radius 2 is 1.90 bits per heavy atom. The van der Waals surface area contributed by atoms with Gasteiger partial charge in [-0.3, -0.25) is 4.18 Å². The van der Waals surface area contributed by atoms with Crippen molar-refractivity contribution in [2.24, 2.45) is 0 Å². The first-order valence-corrected chi connectivity index (χ1v) is 6.63. The van der Waals surface area contributed by atoms with Crippen LogP contribution in [0.4, 0.5) is 13.2 Å². The third-order valence-corrected chi connectivity index (χ3v) is 3.66. The van der Waals surface area contributed by atoms with Crippen LogP contribution in [0.2, 0.25) is 0 Å². The minimum Gasteiger partial charge on any atom is -0.465 e. The fraction of sp³-hybridized carbons (Fsp3) is 0.364. The SMILES string of the molecule is COC(=O)c1ccc(C)c(S(=O)(=O)OCC(F)(F)F)c1. The molecule has 0 spiro atoms. The molecule has 0 aromatic heterocycles. The van der Waals surface area contributed by atoms with Crippen LogP contribution in [0.1, 0.15) is 15.9 Å². The standard InChI is InChI=1S/C11H11F3O5S/c1-7-3-4-8(10(15)18-2)5-9(7)20(16,17)19-6-11(12,13)14/h3-5H,6H2,1-2H3. The zero-order chi connectivity index (χ0) is 15.6. The number of ether oxygens (including phenoxy) is 1. The van der Waals surface area contributed by atoms with E-state index in [4.69, 9.17) is 0 Å². The largest absolute Gasteiger partial charge is 0.465 e. The van der Waals surface area contributed by atoms with Crippen molar-refractivity contribution in [3.63, 3.8) is 0 Å². The molecule has 0 unspecified atom stereocenters. The molecule has 20 heavy (non-hydrogen) atoms. The van der Waals surface area contributed by atoms with Gasteiger partial charge < -0.3 is 4.74 Å². The Labute approximate surface area is 113 Å². The smallest absolute Gasteiger partial charge is 0.413 e. The van der Waals surface area contributed by atoms with Crippen LogP contribution in [0.25, 0.3) is 0 Å². The number of benzene rings is 1. The first kappa shape index (κ1) is 16.4. The Kier molecular flexibility index (Phi) is 4.77. The third kappa shape index (κ3) is 4.20. The summed E-state index contributed by atoms with van der Waals surface area (Å²) in [5, 5.41) is 0. The molecule has 0 heterocycles. The minimum atomic E-state index is -4.78. The van der Waals surface area contributed by atoms with E-state index >= 15 is 0 Å². The van der Waals surface area contributed by atoms with Crippen molar-refractivity contribution in [3.8, 4) is 0 Å². The molecular formula is C11H11F3O5S. The number of carbonyl (C=O) groups is 1. The van der Waals surface area contributed by atoms with E-state index < -0.39 is 33.8 Å². The average molecular weight is 312 g/mol. The van der Waals surface area contributed by atoms with Crippen LogP contribution < -0.4 is 0 Å². The van der Waals surface area contributed by atoms with E-state index in [-0.39, 0.29) is 11.1 Å². The number of rotatable bonds is 4. The topological polar surface area (TPSA) is 69.7 Å². The number of halogens is 3. The molecule has 1 aromatic carbocycles. The third-order valence-electron chi connectivity index (χ3n) is 2.26. The zero-order valence-electron chi connectivity index (χ0n) is 10.5. The van der Waals surface area contributed by atoms with E-state index in [9.17, 15) is 26.4 Å². The van der Waals surface area contributed by atoms with Gasteiger partial charge in [-0.15, -0.1) is 0 Å². The molecule has 0 bridgehead atoms. The van der Waals surface area contributed by atoms with E-state index in [2.05, 4.69) is 8.92 Å². The van der Waals surface area contributed by atoms with Gasteiger partial charge in [0.1, 0.15) is 0 Å². The maximum atomic E-state index is 12.0. The Hall–Kier alpha value is -1.61. The number of hydrogen-bond acceptors (Lipinski definition) is 5. The Morgan fingerprint density at radius 1 is 1.30 bits per heavy atom. The van der Waals surface area contributed by atoms with E-state index in [1.54, 1.807) is 0 Å². The van der Waals surface area contributed by atoms with Crippen LogP contribution in [0.15, 0.2) is 23.1 Å². The lowest BCUT2D eigenvalue weighted by molar-refractivity contribution is -0.152. The van der Waals surface area contributed by atoms with Gasteiger partial charge in [0.05, 0.1) is 17.6 Å². The number of methoxy groups -OCH3 is 1. The lowest BCUT2D eigenvalue weighted by Gasteiger charge is -2.11. The summed E-state index contributed by atoms with van der Waals surface area (Å²) < 4.78 is 67.7. The number of alkyl halides is 3. The molecule has 0 N–H and O–H groups in total. The predicted octanol–water partition coefficient (Wildman–Crippen LogP) is 2.05. The second-order valence-electron chi connectivity index (χ2n) is 3.80. The maximum absolute atomic E-state index is 12.0. The quantitative estimate of drug-likeness (QED) is 0.628. The molecule has 0 atom stereocenters.